The highest BCUT2D eigenvalue weighted by atomic mass is 35.5. The second-order valence-electron chi connectivity index (χ2n) is 7.79. The van der Waals surface area contributed by atoms with E-state index < -0.39 is 0 Å². The number of benzene rings is 2. The molecule has 1 aliphatic heterocycles. The zero-order valence-corrected chi connectivity index (χ0v) is 19.2. The third-order valence-electron chi connectivity index (χ3n) is 5.55. The number of nitrogens with zero attached hydrogens (tertiary/aromatic N) is 5. The van der Waals surface area contributed by atoms with Crippen LogP contribution in [0.5, 0.6) is 0 Å². The van der Waals surface area contributed by atoms with Crippen LogP contribution in [0.4, 0.5) is 0 Å². The fraction of sp³-hybridized carbons (Fsp3) is 0.200. The Hall–Kier alpha value is -2.93. The van der Waals surface area contributed by atoms with Gasteiger partial charge in [-0.05, 0) is 41.3 Å². The van der Waals surface area contributed by atoms with E-state index in [1.165, 1.54) is 5.56 Å². The highest BCUT2D eigenvalue weighted by Crippen LogP contribution is 2.27. The van der Waals surface area contributed by atoms with Crippen molar-refractivity contribution in [2.75, 3.05) is 26.2 Å². The molecule has 0 unspecified atom stereocenters. The van der Waals surface area contributed by atoms with Gasteiger partial charge in [-0.25, -0.2) is 4.68 Å². The predicted molar refractivity (Wildman–Crippen MR) is 133 cm³/mol. The average molecular weight is 462 g/mol. The molecule has 0 atom stereocenters. The van der Waals surface area contributed by atoms with Crippen LogP contribution in [-0.2, 0) is 6.54 Å². The second-order valence-corrected chi connectivity index (χ2v) is 9.18. The van der Waals surface area contributed by atoms with Crippen molar-refractivity contribution in [1.29, 1.82) is 0 Å². The molecule has 162 valence electrons. The molecule has 1 aliphatic rings. The molecule has 1 fully saturated rings. The Balaban J connectivity index is 1.27. The third kappa shape index (κ3) is 4.93. The lowest BCUT2D eigenvalue weighted by Crippen LogP contribution is -2.43. The lowest BCUT2D eigenvalue weighted by atomic mass is 10.2. The van der Waals surface area contributed by atoms with Gasteiger partial charge in [-0.1, -0.05) is 48.0 Å². The fourth-order valence-corrected chi connectivity index (χ4v) is 4.66. The number of halogens is 1. The first-order valence-corrected chi connectivity index (χ1v) is 11.9. The van der Waals surface area contributed by atoms with Crippen LogP contribution in [0.25, 0.3) is 16.3 Å². The first-order valence-electron chi connectivity index (χ1n) is 10.7. The van der Waals surface area contributed by atoms with Gasteiger partial charge in [-0.2, -0.15) is 10.2 Å². The largest absolute Gasteiger partial charge is 0.295 e. The van der Waals surface area contributed by atoms with Gasteiger partial charge in [0.05, 0.1) is 16.8 Å². The normalized spacial score (nSPS) is 15.0. The smallest absolute Gasteiger partial charge is 0.112 e. The Labute approximate surface area is 197 Å². The molecule has 4 aromatic rings. The highest BCUT2D eigenvalue weighted by Gasteiger charge is 2.16. The van der Waals surface area contributed by atoms with Crippen LogP contribution < -0.4 is 0 Å². The van der Waals surface area contributed by atoms with Gasteiger partial charge < -0.3 is 0 Å². The first-order chi connectivity index (χ1) is 15.7. The summed E-state index contributed by atoms with van der Waals surface area (Å²) < 4.78 is 1.93. The van der Waals surface area contributed by atoms with Crippen LogP contribution >= 0.6 is 22.9 Å². The van der Waals surface area contributed by atoms with Gasteiger partial charge in [0.1, 0.15) is 5.69 Å². The molecule has 0 saturated carbocycles. The maximum absolute atomic E-state index is 6.00. The van der Waals surface area contributed by atoms with Gasteiger partial charge in [-0.15, -0.1) is 11.3 Å². The van der Waals surface area contributed by atoms with E-state index in [1.807, 2.05) is 41.2 Å². The zero-order chi connectivity index (χ0) is 21.8. The van der Waals surface area contributed by atoms with Crippen LogP contribution in [0.15, 0.2) is 83.4 Å². The minimum Gasteiger partial charge on any atom is -0.295 e. The van der Waals surface area contributed by atoms with Crippen LogP contribution in [0.2, 0.25) is 5.02 Å². The van der Waals surface area contributed by atoms with Crippen molar-refractivity contribution in [1.82, 2.24) is 19.7 Å². The molecule has 32 heavy (non-hydrogen) atoms. The number of hydrazone groups is 1. The quantitative estimate of drug-likeness (QED) is 0.360. The van der Waals surface area contributed by atoms with Crippen molar-refractivity contribution in [2.24, 2.45) is 5.10 Å². The molecule has 0 radical (unpaired) electrons. The third-order valence-corrected chi connectivity index (χ3v) is 6.67. The first kappa shape index (κ1) is 20.9. The van der Waals surface area contributed by atoms with Crippen molar-refractivity contribution in [3.05, 3.63) is 94.5 Å². The molecule has 2 aromatic heterocycles. The number of aromatic nitrogens is 2. The number of rotatable bonds is 6. The van der Waals surface area contributed by atoms with Crippen LogP contribution in [0, 0.1) is 0 Å². The van der Waals surface area contributed by atoms with Crippen LogP contribution in [0.3, 0.4) is 0 Å². The van der Waals surface area contributed by atoms with Gasteiger partial charge in [0.2, 0.25) is 0 Å². The molecular weight excluding hydrogens is 438 g/mol. The standard InChI is InChI=1S/C25H24ClN5S/c26-22-10-8-20(9-11-22)18-29-12-14-30(15-13-29)27-17-21-19-31(23-5-2-1-3-6-23)28-25(21)24-7-4-16-32-24/h1-11,16-17,19H,12-15,18H2/b27-17+. The summed E-state index contributed by atoms with van der Waals surface area (Å²) in [6.45, 7) is 4.74. The van der Waals surface area contributed by atoms with Crippen LogP contribution in [-0.4, -0.2) is 52.1 Å². The maximum Gasteiger partial charge on any atom is 0.112 e. The van der Waals surface area contributed by atoms with E-state index in [0.717, 1.165) is 59.6 Å². The zero-order valence-electron chi connectivity index (χ0n) is 17.6. The second kappa shape index (κ2) is 9.69. The van der Waals surface area contributed by atoms with Gasteiger partial charge >= 0.3 is 0 Å². The summed E-state index contributed by atoms with van der Waals surface area (Å²) in [4.78, 5) is 3.61. The number of para-hydroxylation sites is 1. The van der Waals surface area contributed by atoms with Crippen molar-refractivity contribution in [3.63, 3.8) is 0 Å². The average Bonchev–Trinajstić information content (AvgIpc) is 3.51. The SMILES string of the molecule is Clc1ccc(CN2CCN(/N=C/c3cn(-c4ccccc4)nc3-c3cccs3)CC2)cc1. The molecule has 5 nitrogen and oxygen atoms in total. The molecular formula is C25H24ClN5S. The Morgan fingerprint density at radius 2 is 1.72 bits per heavy atom. The molecule has 0 amide bonds. The van der Waals surface area contributed by atoms with Gasteiger partial charge in [0, 0.05) is 49.5 Å². The summed E-state index contributed by atoms with van der Waals surface area (Å²) in [7, 11) is 0. The Morgan fingerprint density at radius 3 is 2.44 bits per heavy atom. The number of thiophene rings is 1. The van der Waals surface area contributed by atoms with E-state index in [1.54, 1.807) is 11.3 Å². The molecule has 7 heteroatoms. The molecule has 5 rings (SSSR count). The van der Waals surface area contributed by atoms with Gasteiger partial charge in [-0.3, -0.25) is 9.91 Å². The fourth-order valence-electron chi connectivity index (χ4n) is 3.80. The van der Waals surface area contributed by atoms with E-state index in [0.29, 0.717) is 0 Å². The number of piperazine rings is 1. The van der Waals surface area contributed by atoms with Crippen LogP contribution in [0.1, 0.15) is 11.1 Å². The Morgan fingerprint density at radius 1 is 0.938 bits per heavy atom. The molecule has 2 aromatic carbocycles. The Bertz CT molecular complexity index is 1160. The molecule has 0 N–H and O–H groups in total. The summed E-state index contributed by atoms with van der Waals surface area (Å²) in [6.07, 6.45) is 4.01. The number of hydrogen-bond donors (Lipinski definition) is 0. The molecule has 0 bridgehead atoms. The lowest BCUT2D eigenvalue weighted by molar-refractivity contribution is 0.131. The molecule has 0 aliphatic carbocycles. The monoisotopic (exact) mass is 461 g/mol. The maximum atomic E-state index is 6.00. The topological polar surface area (TPSA) is 36.7 Å². The molecule has 0 spiro atoms. The minimum absolute atomic E-state index is 0.783. The minimum atomic E-state index is 0.783. The van der Waals surface area contributed by atoms with Gasteiger partial charge in [0.15, 0.2) is 0 Å². The summed E-state index contributed by atoms with van der Waals surface area (Å²) in [5.74, 6) is 0. The summed E-state index contributed by atoms with van der Waals surface area (Å²) in [5, 5.41) is 14.7. The molecule has 1 saturated heterocycles. The van der Waals surface area contributed by atoms with E-state index in [9.17, 15) is 0 Å². The van der Waals surface area contributed by atoms with E-state index in [4.69, 9.17) is 21.8 Å². The molecule has 3 heterocycles. The van der Waals surface area contributed by atoms with Crippen molar-refractivity contribution in [3.8, 4) is 16.3 Å². The number of hydrogen-bond acceptors (Lipinski definition) is 5. The van der Waals surface area contributed by atoms with Gasteiger partial charge in [0.25, 0.3) is 0 Å². The lowest BCUT2D eigenvalue weighted by Gasteiger charge is -2.33. The summed E-state index contributed by atoms with van der Waals surface area (Å²) >= 11 is 7.69. The van der Waals surface area contributed by atoms with Crippen molar-refractivity contribution in [2.45, 2.75) is 6.54 Å². The van der Waals surface area contributed by atoms with Crippen molar-refractivity contribution >= 4 is 29.2 Å². The van der Waals surface area contributed by atoms with E-state index >= 15 is 0 Å². The highest BCUT2D eigenvalue weighted by molar-refractivity contribution is 7.13. The summed E-state index contributed by atoms with van der Waals surface area (Å²) in [5.41, 5.74) is 4.33. The summed E-state index contributed by atoms with van der Waals surface area (Å²) in [6, 6.07) is 22.5. The Kier molecular flexibility index (Phi) is 6.34. The van der Waals surface area contributed by atoms with E-state index in [2.05, 4.69) is 57.9 Å². The predicted octanol–water partition coefficient (Wildman–Crippen LogP) is 5.41. The van der Waals surface area contributed by atoms with E-state index in [-0.39, 0.29) is 0 Å². The van der Waals surface area contributed by atoms with Crippen molar-refractivity contribution < 1.29 is 0 Å².